The monoisotopic (exact) mass is 477 g/mol. The van der Waals surface area contributed by atoms with Crippen molar-refractivity contribution >= 4 is 62.5 Å². The number of carbonyl (C=O) groups is 2. The van der Waals surface area contributed by atoms with Crippen molar-refractivity contribution in [3.63, 3.8) is 0 Å². The van der Waals surface area contributed by atoms with E-state index >= 15 is 0 Å². The van der Waals surface area contributed by atoms with Crippen molar-refractivity contribution in [1.29, 1.82) is 0 Å². The first-order valence-electron chi connectivity index (χ1n) is 8.78. The second kappa shape index (κ2) is 8.93. The van der Waals surface area contributed by atoms with Crippen LogP contribution in [0.25, 0.3) is 21.5 Å². The number of halogens is 2. The number of esters is 1. The van der Waals surface area contributed by atoms with E-state index in [0.717, 1.165) is 11.3 Å². The first-order valence-corrected chi connectivity index (χ1v) is 10.4. The average molecular weight is 478 g/mol. The maximum Gasteiger partial charge on any atom is 0.350 e. The Kier molecular flexibility index (Phi) is 6.08. The number of rotatable bonds is 6. The topological polar surface area (TPSA) is 104 Å². The van der Waals surface area contributed by atoms with E-state index in [4.69, 9.17) is 37.1 Å². The van der Waals surface area contributed by atoms with Crippen LogP contribution in [-0.2, 0) is 9.53 Å². The van der Waals surface area contributed by atoms with E-state index in [-0.39, 0.29) is 21.8 Å². The first kappa shape index (κ1) is 21.1. The van der Waals surface area contributed by atoms with Gasteiger partial charge in [-0.1, -0.05) is 46.5 Å². The number of methoxy groups -OCH3 is 1. The number of benzene rings is 2. The van der Waals surface area contributed by atoms with Crippen molar-refractivity contribution in [2.75, 3.05) is 19.0 Å². The Balaban J connectivity index is 1.41. The third kappa shape index (κ3) is 4.34. The zero-order valence-electron chi connectivity index (χ0n) is 15.8. The predicted octanol–water partition coefficient (Wildman–Crippen LogP) is 5.06. The fourth-order valence-corrected chi connectivity index (χ4v) is 4.47. The number of hydrogen-bond donors (Lipinski definition) is 1. The van der Waals surface area contributed by atoms with Gasteiger partial charge in [-0.25, -0.2) is 4.79 Å². The molecule has 0 unspecified atom stereocenters. The fourth-order valence-electron chi connectivity index (χ4n) is 2.69. The molecule has 0 fully saturated rings. The molecular weight excluding hydrogens is 465 g/mol. The number of carbonyl (C=O) groups excluding carboxylic acids is 2. The number of fused-ring (bicyclic) bond motifs is 1. The maximum absolute atomic E-state index is 12.4. The number of thiophene rings is 1. The van der Waals surface area contributed by atoms with Gasteiger partial charge in [-0.15, -0.1) is 16.4 Å². The third-order valence-corrected chi connectivity index (χ3v) is 6.33. The molecule has 31 heavy (non-hydrogen) atoms. The predicted molar refractivity (Wildman–Crippen MR) is 117 cm³/mol. The molecule has 8 nitrogen and oxygen atoms in total. The molecule has 0 aliphatic carbocycles. The summed E-state index contributed by atoms with van der Waals surface area (Å²) in [5.41, 5.74) is 0.705. The van der Waals surface area contributed by atoms with Gasteiger partial charge in [0.05, 0.1) is 16.8 Å². The summed E-state index contributed by atoms with van der Waals surface area (Å²) in [7, 11) is 1.49. The molecule has 0 aliphatic rings. The van der Waals surface area contributed by atoms with Gasteiger partial charge in [0.15, 0.2) is 6.61 Å². The van der Waals surface area contributed by atoms with Crippen LogP contribution < -0.4 is 10.1 Å². The summed E-state index contributed by atoms with van der Waals surface area (Å²) in [6, 6.07) is 12.3. The summed E-state index contributed by atoms with van der Waals surface area (Å²) in [5, 5.41) is 11.1. The van der Waals surface area contributed by atoms with Crippen molar-refractivity contribution in [2.45, 2.75) is 0 Å². The lowest BCUT2D eigenvalue weighted by Gasteiger charge is -2.03. The van der Waals surface area contributed by atoms with Gasteiger partial charge in [0, 0.05) is 10.9 Å². The van der Waals surface area contributed by atoms with Crippen LogP contribution in [0.2, 0.25) is 10.0 Å². The molecule has 1 amide bonds. The van der Waals surface area contributed by atoms with E-state index in [0.29, 0.717) is 26.4 Å². The lowest BCUT2D eigenvalue weighted by atomic mass is 10.2. The summed E-state index contributed by atoms with van der Waals surface area (Å²) in [4.78, 5) is 24.7. The molecule has 0 radical (unpaired) electrons. The van der Waals surface area contributed by atoms with Crippen molar-refractivity contribution < 1.29 is 23.5 Å². The highest BCUT2D eigenvalue weighted by atomic mass is 35.5. The molecule has 0 saturated heterocycles. The summed E-state index contributed by atoms with van der Waals surface area (Å²) < 4.78 is 16.2. The normalized spacial score (nSPS) is 10.8. The van der Waals surface area contributed by atoms with Crippen LogP contribution in [0, 0.1) is 0 Å². The van der Waals surface area contributed by atoms with E-state index in [9.17, 15) is 9.59 Å². The van der Waals surface area contributed by atoms with Crippen LogP contribution in [0.15, 0.2) is 46.9 Å². The average Bonchev–Trinajstić information content (AvgIpc) is 3.38. The van der Waals surface area contributed by atoms with E-state index in [1.54, 1.807) is 24.3 Å². The van der Waals surface area contributed by atoms with Crippen molar-refractivity contribution in [3.05, 3.63) is 57.4 Å². The molecule has 0 aliphatic heterocycles. The Hall–Kier alpha value is -3.14. The van der Waals surface area contributed by atoms with Crippen LogP contribution >= 0.6 is 34.5 Å². The molecule has 1 N–H and O–H groups in total. The SMILES string of the molecule is COc1ccc2c(Cl)c(C(=O)OCC(=O)Nc3nnc(-c4ccccc4)o3)sc2c1Cl. The Bertz CT molecular complexity index is 1270. The number of aromatic nitrogens is 2. The van der Waals surface area contributed by atoms with Crippen LogP contribution in [0.1, 0.15) is 9.67 Å². The molecule has 2 heterocycles. The molecule has 2 aromatic carbocycles. The molecule has 0 bridgehead atoms. The minimum absolute atomic E-state index is 0.112. The van der Waals surface area contributed by atoms with Crippen LogP contribution in [0.4, 0.5) is 6.01 Å². The van der Waals surface area contributed by atoms with Crippen molar-refractivity contribution in [1.82, 2.24) is 10.2 Å². The molecule has 11 heteroatoms. The quantitative estimate of drug-likeness (QED) is 0.386. The van der Waals surface area contributed by atoms with Crippen LogP contribution in [0.3, 0.4) is 0 Å². The first-order chi connectivity index (χ1) is 15.0. The Labute approximate surface area is 189 Å². The fraction of sp³-hybridized carbons (Fsp3) is 0.100. The summed E-state index contributed by atoms with van der Waals surface area (Å²) >= 11 is 13.6. The molecule has 0 spiro atoms. The third-order valence-electron chi connectivity index (χ3n) is 4.13. The largest absolute Gasteiger partial charge is 0.495 e. The summed E-state index contributed by atoms with van der Waals surface area (Å²) in [6.45, 7) is -0.566. The Morgan fingerprint density at radius 2 is 1.87 bits per heavy atom. The molecule has 4 rings (SSSR count). The van der Waals surface area contributed by atoms with E-state index < -0.39 is 18.5 Å². The smallest absolute Gasteiger partial charge is 0.350 e. The van der Waals surface area contributed by atoms with E-state index in [2.05, 4.69) is 15.5 Å². The summed E-state index contributed by atoms with van der Waals surface area (Å²) in [5.74, 6) is -0.696. The molecule has 0 saturated carbocycles. The van der Waals surface area contributed by atoms with Gasteiger partial charge >= 0.3 is 12.0 Å². The lowest BCUT2D eigenvalue weighted by molar-refractivity contribution is -0.119. The molecule has 2 aromatic heterocycles. The van der Waals surface area contributed by atoms with Gasteiger partial charge in [-0.3, -0.25) is 10.1 Å². The van der Waals surface area contributed by atoms with E-state index in [1.165, 1.54) is 7.11 Å². The van der Waals surface area contributed by atoms with Crippen molar-refractivity contribution in [2.24, 2.45) is 0 Å². The van der Waals surface area contributed by atoms with E-state index in [1.807, 2.05) is 18.2 Å². The summed E-state index contributed by atoms with van der Waals surface area (Å²) in [6.07, 6.45) is 0. The molecule has 158 valence electrons. The highest BCUT2D eigenvalue weighted by Crippen LogP contribution is 2.43. The Morgan fingerprint density at radius 3 is 2.61 bits per heavy atom. The highest BCUT2D eigenvalue weighted by molar-refractivity contribution is 7.22. The number of hydrogen-bond acceptors (Lipinski definition) is 8. The number of amides is 1. The van der Waals surface area contributed by atoms with Gasteiger partial charge in [0.1, 0.15) is 15.6 Å². The number of nitrogens with one attached hydrogen (secondary N) is 1. The molecule has 0 atom stereocenters. The second-order valence-electron chi connectivity index (χ2n) is 6.11. The van der Waals surface area contributed by atoms with Crippen LogP contribution in [-0.4, -0.2) is 35.8 Å². The lowest BCUT2D eigenvalue weighted by Crippen LogP contribution is -2.20. The Morgan fingerprint density at radius 1 is 1.10 bits per heavy atom. The van der Waals surface area contributed by atoms with Gasteiger partial charge in [-0.05, 0) is 24.3 Å². The van der Waals surface area contributed by atoms with Gasteiger partial charge in [0.2, 0.25) is 5.89 Å². The zero-order valence-corrected chi connectivity index (χ0v) is 18.2. The van der Waals surface area contributed by atoms with Gasteiger partial charge in [-0.2, -0.15) is 0 Å². The highest BCUT2D eigenvalue weighted by Gasteiger charge is 2.22. The molecular formula is C20H13Cl2N3O5S. The number of nitrogens with zero attached hydrogens (tertiary/aromatic N) is 2. The van der Waals surface area contributed by atoms with Gasteiger partial charge < -0.3 is 13.9 Å². The molecule has 4 aromatic rings. The van der Waals surface area contributed by atoms with Crippen LogP contribution in [0.5, 0.6) is 5.75 Å². The standard InChI is InChI=1S/C20H13Cl2N3O5S/c1-28-12-8-7-11-14(21)17(31-16(11)15(12)22)19(27)29-9-13(26)23-20-25-24-18(30-20)10-5-3-2-4-6-10/h2-8H,9H2,1H3,(H,23,25,26). The minimum atomic E-state index is -0.758. The number of ether oxygens (including phenoxy) is 2. The van der Waals surface area contributed by atoms with Crippen molar-refractivity contribution in [3.8, 4) is 17.2 Å². The minimum Gasteiger partial charge on any atom is -0.495 e. The maximum atomic E-state index is 12.4. The zero-order chi connectivity index (χ0) is 22.0. The number of anilines is 1. The second-order valence-corrected chi connectivity index (χ2v) is 7.88. The van der Waals surface area contributed by atoms with Gasteiger partial charge in [0.25, 0.3) is 5.91 Å².